The molecule has 1 aromatic carbocycles. The summed E-state index contributed by atoms with van der Waals surface area (Å²) in [5.74, 6) is -1.01. The third-order valence-electron chi connectivity index (χ3n) is 9.38. The number of hydrogen-bond donors (Lipinski definition) is 1. The van der Waals surface area contributed by atoms with Crippen molar-refractivity contribution in [3.8, 4) is 0 Å². The summed E-state index contributed by atoms with van der Waals surface area (Å²) in [6, 6.07) is 10.4. The lowest BCUT2D eigenvalue weighted by Gasteiger charge is -2.50. The van der Waals surface area contributed by atoms with Gasteiger partial charge in [-0.25, -0.2) is 9.78 Å². The molecule has 4 unspecified atom stereocenters. The molecule has 2 bridgehead atoms. The van der Waals surface area contributed by atoms with Crippen molar-refractivity contribution in [3.63, 3.8) is 0 Å². The Hall–Kier alpha value is -3.24. The number of fused-ring (bicyclic) bond motifs is 3. The minimum Gasteiger partial charge on any atom is -0.461 e. The Morgan fingerprint density at radius 3 is 2.42 bits per heavy atom. The zero-order valence-corrected chi connectivity index (χ0v) is 22.6. The first-order valence-electron chi connectivity index (χ1n) is 13.5. The highest BCUT2D eigenvalue weighted by Crippen LogP contribution is 2.45. The molecule has 0 aliphatic carbocycles. The van der Waals surface area contributed by atoms with E-state index in [-0.39, 0.29) is 29.9 Å². The number of nitrogens with zero attached hydrogens (tertiary/aromatic N) is 5. The molecule has 0 saturated carbocycles. The Kier molecular flexibility index (Phi) is 7.04. The van der Waals surface area contributed by atoms with Crippen LogP contribution in [0.3, 0.4) is 0 Å². The molecule has 2 fully saturated rings. The van der Waals surface area contributed by atoms with Gasteiger partial charge in [0.2, 0.25) is 0 Å². The number of rotatable bonds is 8. The molecule has 38 heavy (non-hydrogen) atoms. The number of hydrogen-bond acceptors (Lipinski definition) is 6. The summed E-state index contributed by atoms with van der Waals surface area (Å²) in [6.07, 6.45) is 6.18. The summed E-state index contributed by atoms with van der Waals surface area (Å²) in [5, 5.41) is 9.87. The van der Waals surface area contributed by atoms with Crippen LogP contribution in [0.25, 0.3) is 11.2 Å². The molecule has 4 atom stereocenters. The number of esters is 1. The number of ether oxygens (including phenoxy) is 1. The Morgan fingerprint density at radius 1 is 1.13 bits per heavy atom. The van der Waals surface area contributed by atoms with Crippen LogP contribution in [-0.2, 0) is 30.2 Å². The molecule has 2 aliphatic rings. The van der Waals surface area contributed by atoms with Gasteiger partial charge in [-0.05, 0) is 12.5 Å². The van der Waals surface area contributed by atoms with Gasteiger partial charge in [0.1, 0.15) is 12.0 Å². The van der Waals surface area contributed by atoms with Gasteiger partial charge in [0.25, 0.3) is 5.56 Å². The molecule has 4 heterocycles. The lowest BCUT2D eigenvalue weighted by atomic mass is 9.93. The Morgan fingerprint density at radius 2 is 1.79 bits per heavy atom. The minimum absolute atomic E-state index is 0.141. The van der Waals surface area contributed by atoms with Crippen LogP contribution in [0.2, 0.25) is 0 Å². The molecule has 0 amide bonds. The van der Waals surface area contributed by atoms with Crippen LogP contribution >= 0.6 is 0 Å². The van der Waals surface area contributed by atoms with Crippen LogP contribution in [0.1, 0.15) is 50.5 Å². The maximum absolute atomic E-state index is 13.0. The monoisotopic (exact) mass is 524 g/mol. The van der Waals surface area contributed by atoms with Gasteiger partial charge in [-0.1, -0.05) is 30.3 Å². The number of carbonyl (C=O) groups excluding carboxylic acids is 1. The average molecular weight is 525 g/mol. The highest BCUT2D eigenvalue weighted by atomic mass is 16.5. The topological polar surface area (TPSA) is 108 Å². The van der Waals surface area contributed by atoms with Gasteiger partial charge in [0.05, 0.1) is 38.1 Å². The molecule has 10 heteroatoms. The third-order valence-corrected chi connectivity index (χ3v) is 9.38. The molecule has 2 aliphatic heterocycles. The number of quaternary nitrogens is 1. The van der Waals surface area contributed by atoms with E-state index < -0.39 is 5.92 Å². The molecular weight excluding hydrogens is 486 g/mol. The SMILES string of the molecule is CC(CCn1cnc2c1c(=O)n(C)c(=O)n2C)[N+]1(C)C2CCC1CC(OC(=O)C(CO)c1ccccc1)C2. The summed E-state index contributed by atoms with van der Waals surface area (Å²) < 4.78 is 11.3. The van der Waals surface area contributed by atoms with Gasteiger partial charge < -0.3 is 18.9 Å². The van der Waals surface area contributed by atoms with Gasteiger partial charge in [-0.2, -0.15) is 0 Å². The van der Waals surface area contributed by atoms with Crippen molar-refractivity contribution in [2.75, 3.05) is 13.7 Å². The molecule has 5 rings (SSSR count). The quantitative estimate of drug-likeness (QED) is 0.355. The molecular formula is C28H38N5O5+. The largest absolute Gasteiger partial charge is 0.461 e. The van der Waals surface area contributed by atoms with E-state index in [2.05, 4.69) is 19.0 Å². The average Bonchev–Trinajstić information content (AvgIpc) is 3.39. The predicted molar refractivity (Wildman–Crippen MR) is 143 cm³/mol. The molecule has 0 spiro atoms. The standard InChI is InChI=1S/C28H38N5O5/c1-18(12-13-32-17-29-25-24(32)26(35)31(3)28(37)30(25)2)33(4)20-10-11-21(33)15-22(14-20)38-27(36)23(16-34)19-8-6-5-7-9-19/h5-9,17-18,20-23,34H,10-16H2,1-4H3/q+1. The number of aliphatic hydroxyl groups is 1. The van der Waals surface area contributed by atoms with Crippen LogP contribution in [0.4, 0.5) is 0 Å². The molecule has 204 valence electrons. The van der Waals surface area contributed by atoms with Gasteiger partial charge >= 0.3 is 11.7 Å². The number of carbonyl (C=O) groups is 1. The van der Waals surface area contributed by atoms with Crippen molar-refractivity contribution in [2.24, 2.45) is 14.1 Å². The fourth-order valence-electron chi connectivity index (χ4n) is 6.87. The lowest BCUT2D eigenvalue weighted by Crippen LogP contribution is -2.63. The first-order valence-corrected chi connectivity index (χ1v) is 13.5. The second kappa shape index (κ2) is 10.1. The van der Waals surface area contributed by atoms with Crippen LogP contribution in [-0.4, -0.2) is 72.1 Å². The van der Waals surface area contributed by atoms with E-state index in [4.69, 9.17) is 4.74 Å². The summed E-state index contributed by atoms with van der Waals surface area (Å²) in [7, 11) is 5.45. The number of aliphatic hydroxyl groups excluding tert-OH is 1. The lowest BCUT2D eigenvalue weighted by molar-refractivity contribution is -0.970. The second-order valence-electron chi connectivity index (χ2n) is 11.2. The van der Waals surface area contributed by atoms with E-state index >= 15 is 0 Å². The van der Waals surface area contributed by atoms with Crippen LogP contribution in [0, 0.1) is 0 Å². The smallest absolute Gasteiger partial charge is 0.332 e. The maximum Gasteiger partial charge on any atom is 0.332 e. The van der Waals surface area contributed by atoms with Gasteiger partial charge in [-0.15, -0.1) is 0 Å². The van der Waals surface area contributed by atoms with Crippen molar-refractivity contribution in [2.45, 2.75) is 75.7 Å². The van der Waals surface area contributed by atoms with Gasteiger partial charge in [0, 0.05) is 52.7 Å². The second-order valence-corrected chi connectivity index (χ2v) is 11.2. The number of aromatic nitrogens is 4. The van der Waals surface area contributed by atoms with Crippen LogP contribution in [0.5, 0.6) is 0 Å². The molecule has 2 saturated heterocycles. The molecule has 0 radical (unpaired) electrons. The summed E-state index contributed by atoms with van der Waals surface area (Å²) in [6.45, 7) is 2.63. The number of aryl methyl sites for hydroxylation is 2. The third kappa shape index (κ3) is 4.29. The minimum atomic E-state index is -0.659. The van der Waals surface area contributed by atoms with E-state index in [0.29, 0.717) is 35.8 Å². The maximum atomic E-state index is 13.0. The van der Waals surface area contributed by atoms with Gasteiger partial charge in [-0.3, -0.25) is 18.7 Å². The summed E-state index contributed by atoms with van der Waals surface area (Å²) in [5.41, 5.74) is 0.928. The Bertz CT molecular complexity index is 1430. The van der Waals surface area contributed by atoms with Crippen molar-refractivity contribution in [1.29, 1.82) is 0 Å². The first-order chi connectivity index (χ1) is 18.2. The van der Waals surface area contributed by atoms with E-state index in [1.165, 1.54) is 11.6 Å². The van der Waals surface area contributed by atoms with Crippen molar-refractivity contribution in [3.05, 3.63) is 63.1 Å². The van der Waals surface area contributed by atoms with Crippen LogP contribution in [0.15, 0.2) is 46.2 Å². The fraction of sp³-hybridized carbons (Fsp3) is 0.571. The fourth-order valence-corrected chi connectivity index (χ4v) is 6.87. The number of benzene rings is 1. The van der Waals surface area contributed by atoms with E-state index in [0.717, 1.165) is 46.7 Å². The number of piperidine rings is 1. The van der Waals surface area contributed by atoms with E-state index in [1.807, 2.05) is 34.9 Å². The zero-order chi connectivity index (χ0) is 27.2. The normalized spacial score (nSPS) is 26.4. The summed E-state index contributed by atoms with van der Waals surface area (Å²) >= 11 is 0. The number of imidazole rings is 1. The first kappa shape index (κ1) is 26.4. The molecule has 1 N–H and O–H groups in total. The van der Waals surface area contributed by atoms with Crippen molar-refractivity contribution in [1.82, 2.24) is 18.7 Å². The Labute approximate surface area is 221 Å². The van der Waals surface area contributed by atoms with E-state index in [9.17, 15) is 19.5 Å². The molecule has 2 aromatic heterocycles. The van der Waals surface area contributed by atoms with E-state index in [1.54, 1.807) is 13.4 Å². The molecule has 10 nitrogen and oxygen atoms in total. The van der Waals surface area contributed by atoms with Crippen LogP contribution < -0.4 is 11.2 Å². The van der Waals surface area contributed by atoms with Crippen molar-refractivity contribution < 1.29 is 19.1 Å². The zero-order valence-electron chi connectivity index (χ0n) is 22.6. The van der Waals surface area contributed by atoms with Gasteiger partial charge in [0.15, 0.2) is 11.2 Å². The van der Waals surface area contributed by atoms with Crippen molar-refractivity contribution >= 4 is 17.1 Å². The molecule has 3 aromatic rings. The predicted octanol–water partition coefficient (Wildman–Crippen LogP) is 1.67. The Balaban J connectivity index is 1.27. The highest BCUT2D eigenvalue weighted by molar-refractivity contribution is 5.78. The highest BCUT2D eigenvalue weighted by Gasteiger charge is 2.54. The summed E-state index contributed by atoms with van der Waals surface area (Å²) in [4.78, 5) is 42.4.